The molecule has 1 N–H and O–H groups in total. The lowest BCUT2D eigenvalue weighted by atomic mass is 10.1. The Morgan fingerprint density at radius 2 is 1.84 bits per heavy atom. The number of rotatable bonds is 4. The van der Waals surface area contributed by atoms with Crippen LogP contribution in [0.5, 0.6) is 0 Å². The van der Waals surface area contributed by atoms with Gasteiger partial charge in [-0.2, -0.15) is 0 Å². The summed E-state index contributed by atoms with van der Waals surface area (Å²) in [5.41, 5.74) is 4.35. The molecule has 2 aromatic carbocycles. The predicted octanol–water partition coefficient (Wildman–Crippen LogP) is 4.62. The normalized spacial score (nSPS) is 14.4. The Bertz CT molecular complexity index is 570. The van der Waals surface area contributed by atoms with E-state index >= 15 is 0 Å². The van der Waals surface area contributed by atoms with Crippen molar-refractivity contribution in [1.29, 1.82) is 0 Å². The zero-order valence-electron chi connectivity index (χ0n) is 11.1. The second-order valence-corrected chi connectivity index (χ2v) is 5.33. The van der Waals surface area contributed by atoms with E-state index in [0.717, 1.165) is 18.2 Å². The topological polar surface area (TPSA) is 12.0 Å². The highest BCUT2D eigenvalue weighted by Crippen LogP contribution is 2.39. The maximum atomic E-state index is 13.2. The van der Waals surface area contributed by atoms with Crippen molar-refractivity contribution < 1.29 is 4.39 Å². The minimum absolute atomic E-state index is 0.153. The number of benzene rings is 2. The van der Waals surface area contributed by atoms with Crippen LogP contribution < -0.4 is 5.32 Å². The first-order valence-electron chi connectivity index (χ1n) is 6.81. The molecule has 0 saturated heterocycles. The van der Waals surface area contributed by atoms with Crippen LogP contribution >= 0.6 is 0 Å². The summed E-state index contributed by atoms with van der Waals surface area (Å²) >= 11 is 0. The fourth-order valence-corrected chi connectivity index (χ4v) is 2.28. The highest BCUT2D eigenvalue weighted by Gasteiger charge is 2.22. The summed E-state index contributed by atoms with van der Waals surface area (Å²) in [7, 11) is 0. The first-order chi connectivity index (χ1) is 9.22. The number of nitrogens with one attached hydrogen (secondary N) is 1. The molecule has 2 aromatic rings. The molecule has 0 amide bonds. The fraction of sp³-hybridized carbons (Fsp3) is 0.294. The van der Waals surface area contributed by atoms with E-state index in [1.165, 1.54) is 30.0 Å². The largest absolute Gasteiger partial charge is 0.381 e. The van der Waals surface area contributed by atoms with Crippen LogP contribution in [0.15, 0.2) is 42.5 Å². The van der Waals surface area contributed by atoms with Crippen molar-refractivity contribution in [3.05, 3.63) is 65.0 Å². The van der Waals surface area contributed by atoms with Gasteiger partial charge in [0.15, 0.2) is 0 Å². The number of anilines is 1. The van der Waals surface area contributed by atoms with Crippen LogP contribution in [-0.4, -0.2) is 0 Å². The second kappa shape index (κ2) is 5.04. The van der Waals surface area contributed by atoms with E-state index in [9.17, 15) is 4.39 Å². The van der Waals surface area contributed by atoms with E-state index in [0.29, 0.717) is 5.56 Å². The molecule has 19 heavy (non-hydrogen) atoms. The van der Waals surface area contributed by atoms with Gasteiger partial charge in [0, 0.05) is 12.2 Å². The number of halogens is 1. The standard InChI is InChI=1S/C17H18FN/c1-12-10-16(8-9-17(12)18)19-11-13-2-4-14(5-3-13)15-6-7-15/h2-5,8-10,15,19H,6-7,11H2,1H3. The third-order valence-electron chi connectivity index (χ3n) is 3.68. The second-order valence-electron chi connectivity index (χ2n) is 5.33. The van der Waals surface area contributed by atoms with Crippen molar-refractivity contribution in [3.8, 4) is 0 Å². The average molecular weight is 255 g/mol. The van der Waals surface area contributed by atoms with E-state index in [2.05, 4.69) is 29.6 Å². The number of aryl methyl sites for hydroxylation is 1. The van der Waals surface area contributed by atoms with E-state index in [1.54, 1.807) is 13.0 Å². The molecule has 1 fully saturated rings. The molecule has 1 nitrogen and oxygen atoms in total. The molecule has 0 aliphatic heterocycles. The summed E-state index contributed by atoms with van der Waals surface area (Å²) in [5, 5.41) is 3.33. The maximum absolute atomic E-state index is 13.2. The van der Waals surface area contributed by atoms with E-state index in [-0.39, 0.29) is 5.82 Å². The minimum atomic E-state index is -0.153. The van der Waals surface area contributed by atoms with Crippen molar-refractivity contribution in [2.45, 2.75) is 32.2 Å². The molecule has 1 saturated carbocycles. The van der Waals surface area contributed by atoms with Crippen molar-refractivity contribution in [2.75, 3.05) is 5.32 Å². The molecule has 2 heteroatoms. The average Bonchev–Trinajstić information content (AvgIpc) is 3.25. The zero-order chi connectivity index (χ0) is 13.2. The van der Waals surface area contributed by atoms with Gasteiger partial charge in [0.2, 0.25) is 0 Å². The molecule has 3 rings (SSSR count). The SMILES string of the molecule is Cc1cc(NCc2ccc(C3CC3)cc2)ccc1F. The Morgan fingerprint density at radius 3 is 2.47 bits per heavy atom. The molecule has 98 valence electrons. The first-order valence-corrected chi connectivity index (χ1v) is 6.81. The predicted molar refractivity (Wildman–Crippen MR) is 76.9 cm³/mol. The van der Waals surface area contributed by atoms with Crippen LogP contribution in [0.3, 0.4) is 0 Å². The van der Waals surface area contributed by atoms with Crippen LogP contribution in [0.4, 0.5) is 10.1 Å². The molecule has 0 bridgehead atoms. The van der Waals surface area contributed by atoms with Crippen LogP contribution in [0.2, 0.25) is 0 Å². The molecule has 1 aliphatic rings. The summed E-state index contributed by atoms with van der Waals surface area (Å²) in [6.07, 6.45) is 2.68. The van der Waals surface area contributed by atoms with E-state index in [1.807, 2.05) is 6.07 Å². The van der Waals surface area contributed by atoms with Crippen LogP contribution in [0.1, 0.15) is 35.4 Å². The fourth-order valence-electron chi connectivity index (χ4n) is 2.28. The van der Waals surface area contributed by atoms with Gasteiger partial charge in [-0.25, -0.2) is 4.39 Å². The van der Waals surface area contributed by atoms with Crippen molar-refractivity contribution in [3.63, 3.8) is 0 Å². The van der Waals surface area contributed by atoms with Gasteiger partial charge < -0.3 is 5.32 Å². The Hall–Kier alpha value is -1.83. The molecular formula is C17H18FN. The maximum Gasteiger partial charge on any atom is 0.126 e. The molecule has 0 unspecified atom stereocenters. The van der Waals surface area contributed by atoms with Gasteiger partial charge in [0.25, 0.3) is 0 Å². The number of hydrogen-bond acceptors (Lipinski definition) is 1. The van der Waals surface area contributed by atoms with Crippen LogP contribution in [-0.2, 0) is 6.54 Å². The minimum Gasteiger partial charge on any atom is -0.381 e. The quantitative estimate of drug-likeness (QED) is 0.840. The molecule has 0 atom stereocenters. The summed E-state index contributed by atoms with van der Waals surface area (Å²) < 4.78 is 13.2. The Kier molecular flexibility index (Phi) is 3.24. The Balaban J connectivity index is 1.63. The third kappa shape index (κ3) is 2.95. The molecule has 0 radical (unpaired) electrons. The Labute approximate surface area is 113 Å². The Morgan fingerprint density at radius 1 is 1.11 bits per heavy atom. The van der Waals surface area contributed by atoms with E-state index in [4.69, 9.17) is 0 Å². The van der Waals surface area contributed by atoms with Crippen molar-refractivity contribution in [2.24, 2.45) is 0 Å². The van der Waals surface area contributed by atoms with Gasteiger partial charge in [-0.1, -0.05) is 24.3 Å². The molecule has 0 aromatic heterocycles. The highest BCUT2D eigenvalue weighted by atomic mass is 19.1. The lowest BCUT2D eigenvalue weighted by Gasteiger charge is -2.08. The summed E-state index contributed by atoms with van der Waals surface area (Å²) in [6.45, 7) is 2.56. The third-order valence-corrected chi connectivity index (χ3v) is 3.68. The van der Waals surface area contributed by atoms with Crippen LogP contribution in [0.25, 0.3) is 0 Å². The van der Waals surface area contributed by atoms with Crippen molar-refractivity contribution >= 4 is 5.69 Å². The molecule has 1 aliphatic carbocycles. The van der Waals surface area contributed by atoms with Gasteiger partial charge in [-0.15, -0.1) is 0 Å². The smallest absolute Gasteiger partial charge is 0.126 e. The van der Waals surface area contributed by atoms with Gasteiger partial charge >= 0.3 is 0 Å². The summed E-state index contributed by atoms with van der Waals surface area (Å²) in [6, 6.07) is 13.9. The van der Waals surface area contributed by atoms with Gasteiger partial charge in [-0.05, 0) is 60.6 Å². The zero-order valence-corrected chi connectivity index (χ0v) is 11.1. The highest BCUT2D eigenvalue weighted by molar-refractivity contribution is 5.46. The first kappa shape index (κ1) is 12.2. The van der Waals surface area contributed by atoms with Crippen molar-refractivity contribution in [1.82, 2.24) is 0 Å². The van der Waals surface area contributed by atoms with Gasteiger partial charge in [-0.3, -0.25) is 0 Å². The molecule has 0 heterocycles. The van der Waals surface area contributed by atoms with Gasteiger partial charge in [0.1, 0.15) is 5.82 Å². The molecule has 0 spiro atoms. The molecular weight excluding hydrogens is 237 g/mol. The van der Waals surface area contributed by atoms with E-state index < -0.39 is 0 Å². The summed E-state index contributed by atoms with van der Waals surface area (Å²) in [5.74, 6) is 0.654. The monoisotopic (exact) mass is 255 g/mol. The lowest BCUT2D eigenvalue weighted by molar-refractivity contribution is 0.618. The van der Waals surface area contributed by atoms with Crippen LogP contribution in [0, 0.1) is 12.7 Å². The summed E-state index contributed by atoms with van der Waals surface area (Å²) in [4.78, 5) is 0. The van der Waals surface area contributed by atoms with Gasteiger partial charge in [0.05, 0.1) is 0 Å². The lowest BCUT2D eigenvalue weighted by Crippen LogP contribution is -2.00. The number of hydrogen-bond donors (Lipinski definition) is 1.